The fourth-order valence-electron chi connectivity index (χ4n) is 2.27. The molecule has 0 aliphatic carbocycles. The largest absolute Gasteiger partial charge is 0.466 e. The minimum atomic E-state index is -0.160. The molecule has 112 valence electrons. The molecule has 0 N–H and O–H groups in total. The van der Waals surface area contributed by atoms with E-state index < -0.39 is 0 Å². The van der Waals surface area contributed by atoms with E-state index in [1.54, 1.807) is 0 Å². The molecule has 0 saturated carbocycles. The van der Waals surface area contributed by atoms with Gasteiger partial charge in [-0.05, 0) is 25.7 Å². The lowest BCUT2D eigenvalue weighted by atomic mass is 10.0. The zero-order chi connectivity index (χ0) is 14.3. The second-order valence-corrected chi connectivity index (χ2v) is 5.46. The zero-order valence-electron chi connectivity index (χ0n) is 13.1. The highest BCUT2D eigenvalue weighted by atomic mass is 16.5. The maximum absolute atomic E-state index is 10.5. The van der Waals surface area contributed by atoms with Gasteiger partial charge in [0.05, 0.1) is 6.61 Å². The molecule has 0 fully saturated rings. The van der Waals surface area contributed by atoms with Crippen molar-refractivity contribution in [2.24, 2.45) is 5.92 Å². The number of carbonyl (C=O) groups is 1. The fourth-order valence-corrected chi connectivity index (χ4v) is 2.27. The smallest absolute Gasteiger partial charge is 0.302 e. The van der Waals surface area contributed by atoms with E-state index in [1.165, 1.54) is 58.3 Å². The third kappa shape index (κ3) is 15.2. The van der Waals surface area contributed by atoms with Gasteiger partial charge in [0, 0.05) is 6.92 Å². The Balaban J connectivity index is 3.09. The van der Waals surface area contributed by atoms with E-state index in [9.17, 15) is 4.79 Å². The molecule has 0 amide bonds. The molecule has 2 nitrogen and oxygen atoms in total. The van der Waals surface area contributed by atoms with Crippen LogP contribution in [0, 0.1) is 5.92 Å². The minimum absolute atomic E-state index is 0.160. The predicted molar refractivity (Wildman–Crippen MR) is 82.2 cm³/mol. The Hall–Kier alpha value is -0.790. The number of allylic oxidation sites excluding steroid dienone is 2. The van der Waals surface area contributed by atoms with Crippen molar-refractivity contribution in [2.75, 3.05) is 6.61 Å². The molecule has 0 aromatic carbocycles. The van der Waals surface area contributed by atoms with Crippen LogP contribution in [-0.4, -0.2) is 12.6 Å². The molecule has 2 heteroatoms. The third-order valence-electron chi connectivity index (χ3n) is 3.38. The van der Waals surface area contributed by atoms with Gasteiger partial charge in [-0.2, -0.15) is 0 Å². The van der Waals surface area contributed by atoms with Crippen molar-refractivity contribution >= 4 is 5.97 Å². The topological polar surface area (TPSA) is 26.3 Å². The predicted octanol–water partition coefficient (Wildman–Crippen LogP) is 5.27. The molecule has 0 aromatic rings. The van der Waals surface area contributed by atoms with Crippen molar-refractivity contribution in [3.05, 3.63) is 12.2 Å². The van der Waals surface area contributed by atoms with Crippen LogP contribution in [-0.2, 0) is 9.53 Å². The summed E-state index contributed by atoms with van der Waals surface area (Å²) in [5, 5.41) is 0. The molecule has 0 aromatic heterocycles. The van der Waals surface area contributed by atoms with E-state index in [2.05, 4.69) is 26.0 Å². The monoisotopic (exact) mass is 268 g/mol. The van der Waals surface area contributed by atoms with Crippen molar-refractivity contribution in [3.8, 4) is 0 Å². The van der Waals surface area contributed by atoms with Crippen molar-refractivity contribution in [1.29, 1.82) is 0 Å². The summed E-state index contributed by atoms with van der Waals surface area (Å²) in [6, 6.07) is 0. The first-order valence-electron chi connectivity index (χ1n) is 7.93. The zero-order valence-corrected chi connectivity index (χ0v) is 13.1. The maximum Gasteiger partial charge on any atom is 0.302 e. The standard InChI is InChI=1S/C17H32O2/c1-4-13-16(2)14-11-9-7-5-6-8-10-12-15-19-17(3)18/h4,13,16H,5-12,14-15H2,1-3H3/b13-4-. The summed E-state index contributed by atoms with van der Waals surface area (Å²) < 4.78 is 4.90. The molecular weight excluding hydrogens is 236 g/mol. The minimum Gasteiger partial charge on any atom is -0.466 e. The third-order valence-corrected chi connectivity index (χ3v) is 3.38. The number of unbranched alkanes of at least 4 members (excludes halogenated alkanes) is 7. The molecule has 0 aliphatic heterocycles. The van der Waals surface area contributed by atoms with Gasteiger partial charge in [0.15, 0.2) is 0 Å². The van der Waals surface area contributed by atoms with Crippen molar-refractivity contribution in [2.45, 2.75) is 78.6 Å². The summed E-state index contributed by atoms with van der Waals surface area (Å²) in [4.78, 5) is 10.5. The van der Waals surface area contributed by atoms with Gasteiger partial charge in [0.1, 0.15) is 0 Å². The molecule has 19 heavy (non-hydrogen) atoms. The van der Waals surface area contributed by atoms with Crippen molar-refractivity contribution in [1.82, 2.24) is 0 Å². The molecule has 1 atom stereocenters. The summed E-state index contributed by atoms with van der Waals surface area (Å²) in [6.45, 7) is 6.45. The Kier molecular flexibility index (Phi) is 13.1. The van der Waals surface area contributed by atoms with Gasteiger partial charge >= 0.3 is 5.97 Å². The van der Waals surface area contributed by atoms with E-state index >= 15 is 0 Å². The highest BCUT2D eigenvalue weighted by molar-refractivity contribution is 5.65. The molecule has 0 spiro atoms. The first kappa shape index (κ1) is 18.2. The normalized spacial score (nSPS) is 12.8. The summed E-state index contributed by atoms with van der Waals surface area (Å²) in [6.07, 6.45) is 16.0. The maximum atomic E-state index is 10.5. The van der Waals surface area contributed by atoms with Gasteiger partial charge < -0.3 is 4.74 Å². The fraction of sp³-hybridized carbons (Fsp3) is 0.824. The first-order valence-corrected chi connectivity index (χ1v) is 7.93. The lowest BCUT2D eigenvalue weighted by Crippen LogP contribution is -2.00. The number of carbonyl (C=O) groups excluding carboxylic acids is 1. The van der Waals surface area contributed by atoms with E-state index in [0.29, 0.717) is 6.61 Å². The Morgan fingerprint density at radius 2 is 1.53 bits per heavy atom. The molecule has 0 heterocycles. The molecule has 0 aliphatic rings. The number of hydrogen-bond acceptors (Lipinski definition) is 2. The average molecular weight is 268 g/mol. The summed E-state index contributed by atoms with van der Waals surface area (Å²) in [5.41, 5.74) is 0. The van der Waals surface area contributed by atoms with E-state index in [-0.39, 0.29) is 5.97 Å². The lowest BCUT2D eigenvalue weighted by molar-refractivity contribution is -0.141. The first-order chi connectivity index (χ1) is 9.16. The molecule has 1 unspecified atom stereocenters. The Bertz CT molecular complexity index is 233. The van der Waals surface area contributed by atoms with Crippen LogP contribution >= 0.6 is 0 Å². The van der Waals surface area contributed by atoms with E-state index in [0.717, 1.165) is 12.3 Å². The molecule has 0 saturated heterocycles. The quantitative estimate of drug-likeness (QED) is 0.274. The summed E-state index contributed by atoms with van der Waals surface area (Å²) in [5.74, 6) is 0.582. The highest BCUT2D eigenvalue weighted by Crippen LogP contribution is 2.13. The van der Waals surface area contributed by atoms with Gasteiger partial charge in [0.25, 0.3) is 0 Å². The number of ether oxygens (including phenoxy) is 1. The SMILES string of the molecule is C/C=C\C(C)CCCCCCCCCCOC(C)=O. The summed E-state index contributed by atoms with van der Waals surface area (Å²) >= 11 is 0. The number of esters is 1. The van der Waals surface area contributed by atoms with Gasteiger partial charge in [-0.15, -0.1) is 0 Å². The van der Waals surface area contributed by atoms with Gasteiger partial charge in [-0.1, -0.05) is 64.0 Å². The van der Waals surface area contributed by atoms with Crippen molar-refractivity contribution < 1.29 is 9.53 Å². The van der Waals surface area contributed by atoms with Crippen LogP contribution in [0.3, 0.4) is 0 Å². The Morgan fingerprint density at radius 3 is 2.05 bits per heavy atom. The molecular formula is C17H32O2. The molecule has 0 bridgehead atoms. The highest BCUT2D eigenvalue weighted by Gasteiger charge is 1.97. The lowest BCUT2D eigenvalue weighted by Gasteiger charge is -2.06. The Morgan fingerprint density at radius 1 is 1.00 bits per heavy atom. The average Bonchev–Trinajstić information content (AvgIpc) is 2.36. The van der Waals surface area contributed by atoms with Crippen LogP contribution in [0.1, 0.15) is 78.6 Å². The number of rotatable bonds is 12. The van der Waals surface area contributed by atoms with Gasteiger partial charge in [-0.3, -0.25) is 4.79 Å². The molecule has 0 rings (SSSR count). The second kappa shape index (κ2) is 13.6. The van der Waals surface area contributed by atoms with Crippen LogP contribution in [0.4, 0.5) is 0 Å². The van der Waals surface area contributed by atoms with Crippen LogP contribution in [0.5, 0.6) is 0 Å². The van der Waals surface area contributed by atoms with E-state index in [1.807, 2.05) is 0 Å². The van der Waals surface area contributed by atoms with Crippen LogP contribution in [0.15, 0.2) is 12.2 Å². The number of hydrogen-bond donors (Lipinski definition) is 0. The van der Waals surface area contributed by atoms with E-state index in [4.69, 9.17) is 4.74 Å². The Labute approximate surface area is 119 Å². The molecule has 0 radical (unpaired) electrons. The van der Waals surface area contributed by atoms with Crippen molar-refractivity contribution in [3.63, 3.8) is 0 Å². The second-order valence-electron chi connectivity index (χ2n) is 5.46. The van der Waals surface area contributed by atoms with Crippen LogP contribution < -0.4 is 0 Å². The van der Waals surface area contributed by atoms with Crippen LogP contribution in [0.2, 0.25) is 0 Å². The van der Waals surface area contributed by atoms with Gasteiger partial charge in [-0.25, -0.2) is 0 Å². The van der Waals surface area contributed by atoms with Gasteiger partial charge in [0.2, 0.25) is 0 Å². The van der Waals surface area contributed by atoms with Crippen LogP contribution in [0.25, 0.3) is 0 Å². The summed E-state index contributed by atoms with van der Waals surface area (Å²) in [7, 11) is 0.